The zero-order chi connectivity index (χ0) is 24.0. The van der Waals surface area contributed by atoms with Crippen LogP contribution < -0.4 is 10.6 Å². The van der Waals surface area contributed by atoms with Gasteiger partial charge >= 0.3 is 0 Å². The van der Waals surface area contributed by atoms with Crippen molar-refractivity contribution in [3.8, 4) is 22.3 Å². The number of nitrogens with one attached hydrogen (secondary N) is 2. The van der Waals surface area contributed by atoms with E-state index in [2.05, 4.69) is 20.9 Å². The lowest BCUT2D eigenvalue weighted by Gasteiger charge is -2.07. The third kappa shape index (κ3) is 4.99. The molecule has 5 rings (SSSR count). The molecule has 5 aromatic rings. The Morgan fingerprint density at radius 3 is 1.20 bits per heavy atom. The van der Waals surface area contributed by atoms with Crippen molar-refractivity contribution in [2.75, 3.05) is 10.6 Å². The molecule has 7 nitrogen and oxygen atoms in total. The molecule has 0 unspecified atom stereocenters. The SMILES string of the molecule is O=C(Nc1nonc1NC(=O)c1ccc(-c2ccccc2)cc1)c1ccc(-c2ccccc2)cc1. The minimum absolute atomic E-state index is 0.0244. The Morgan fingerprint density at radius 2 is 0.829 bits per heavy atom. The van der Waals surface area contributed by atoms with Crippen LogP contribution >= 0.6 is 0 Å². The molecule has 35 heavy (non-hydrogen) atoms. The Balaban J connectivity index is 1.25. The zero-order valence-electron chi connectivity index (χ0n) is 18.5. The van der Waals surface area contributed by atoms with Crippen molar-refractivity contribution in [3.05, 3.63) is 120 Å². The fourth-order valence-electron chi connectivity index (χ4n) is 3.60. The molecule has 0 spiro atoms. The summed E-state index contributed by atoms with van der Waals surface area (Å²) in [7, 11) is 0. The summed E-state index contributed by atoms with van der Waals surface area (Å²) in [5, 5.41) is 12.7. The summed E-state index contributed by atoms with van der Waals surface area (Å²) in [6.07, 6.45) is 0. The number of benzene rings is 4. The van der Waals surface area contributed by atoms with Crippen molar-refractivity contribution >= 4 is 23.5 Å². The van der Waals surface area contributed by atoms with Crippen molar-refractivity contribution < 1.29 is 14.2 Å². The molecule has 2 N–H and O–H groups in total. The summed E-state index contributed by atoms with van der Waals surface area (Å²) in [5.41, 5.74) is 4.97. The van der Waals surface area contributed by atoms with Gasteiger partial charge in [-0.2, -0.15) is 0 Å². The van der Waals surface area contributed by atoms with E-state index in [0.29, 0.717) is 11.1 Å². The van der Waals surface area contributed by atoms with Crippen LogP contribution in [0.1, 0.15) is 20.7 Å². The molecule has 4 aromatic carbocycles. The van der Waals surface area contributed by atoms with Crippen molar-refractivity contribution in [1.82, 2.24) is 10.3 Å². The van der Waals surface area contributed by atoms with E-state index in [4.69, 9.17) is 4.63 Å². The number of anilines is 2. The maximum Gasteiger partial charge on any atom is 0.257 e. The first-order chi connectivity index (χ1) is 17.2. The molecule has 0 saturated heterocycles. The maximum atomic E-state index is 12.7. The Hall–Kier alpha value is -5.04. The normalized spacial score (nSPS) is 10.5. The molecule has 2 amide bonds. The van der Waals surface area contributed by atoms with Crippen molar-refractivity contribution in [3.63, 3.8) is 0 Å². The summed E-state index contributed by atoms with van der Waals surface area (Å²) in [6, 6.07) is 34.1. The summed E-state index contributed by atoms with van der Waals surface area (Å²) in [4.78, 5) is 25.4. The van der Waals surface area contributed by atoms with Gasteiger partial charge < -0.3 is 10.6 Å². The van der Waals surface area contributed by atoms with Gasteiger partial charge in [0.2, 0.25) is 11.6 Å². The van der Waals surface area contributed by atoms with E-state index in [9.17, 15) is 9.59 Å². The molecule has 0 bridgehead atoms. The number of aromatic nitrogens is 2. The van der Waals surface area contributed by atoms with Gasteiger partial charge in [0.15, 0.2) is 0 Å². The molecule has 1 aromatic heterocycles. The van der Waals surface area contributed by atoms with Crippen LogP contribution in [0.2, 0.25) is 0 Å². The van der Waals surface area contributed by atoms with Crippen LogP contribution in [0.4, 0.5) is 11.6 Å². The number of rotatable bonds is 6. The molecule has 0 aliphatic heterocycles. The van der Waals surface area contributed by atoms with Gasteiger partial charge in [0.25, 0.3) is 11.8 Å². The zero-order valence-corrected chi connectivity index (χ0v) is 18.5. The smallest absolute Gasteiger partial charge is 0.257 e. The summed E-state index contributed by atoms with van der Waals surface area (Å²) in [6.45, 7) is 0. The van der Waals surface area contributed by atoms with Crippen LogP contribution in [0.25, 0.3) is 22.3 Å². The van der Waals surface area contributed by atoms with Gasteiger partial charge in [-0.05, 0) is 56.8 Å². The number of nitrogens with zero attached hydrogens (tertiary/aromatic N) is 2. The van der Waals surface area contributed by atoms with Crippen LogP contribution in [0.15, 0.2) is 114 Å². The van der Waals surface area contributed by atoms with E-state index in [1.807, 2.05) is 84.9 Å². The van der Waals surface area contributed by atoms with Gasteiger partial charge in [0.05, 0.1) is 0 Å². The lowest BCUT2D eigenvalue weighted by atomic mass is 10.0. The second-order valence-electron chi connectivity index (χ2n) is 7.76. The Morgan fingerprint density at radius 1 is 0.486 bits per heavy atom. The van der Waals surface area contributed by atoms with Crippen molar-refractivity contribution in [2.45, 2.75) is 0 Å². The molecule has 7 heteroatoms. The fraction of sp³-hybridized carbons (Fsp3) is 0. The first-order valence-electron chi connectivity index (χ1n) is 10.9. The minimum atomic E-state index is -0.400. The number of amides is 2. The van der Waals surface area contributed by atoms with Crippen molar-refractivity contribution in [2.24, 2.45) is 0 Å². The van der Waals surface area contributed by atoms with E-state index in [1.165, 1.54) is 0 Å². The highest BCUT2D eigenvalue weighted by Crippen LogP contribution is 2.23. The standard InChI is InChI=1S/C28H20N4O3/c33-27(23-15-11-21(12-16-23)19-7-3-1-4-8-19)29-25-26(32-35-31-25)30-28(34)24-17-13-22(14-18-24)20-9-5-2-6-10-20/h1-18H,(H,29,31,33)(H,30,32,34). The molecule has 0 radical (unpaired) electrons. The highest BCUT2D eigenvalue weighted by atomic mass is 16.6. The van der Waals surface area contributed by atoms with E-state index in [1.54, 1.807) is 24.3 Å². The molecule has 0 aliphatic carbocycles. The largest absolute Gasteiger partial charge is 0.300 e. The van der Waals surface area contributed by atoms with Crippen LogP contribution in [0.3, 0.4) is 0 Å². The molecule has 170 valence electrons. The summed E-state index contributed by atoms with van der Waals surface area (Å²) >= 11 is 0. The number of hydrogen-bond acceptors (Lipinski definition) is 5. The average molecular weight is 460 g/mol. The van der Waals surface area contributed by atoms with Gasteiger partial charge in [-0.3, -0.25) is 9.59 Å². The maximum absolute atomic E-state index is 12.7. The monoisotopic (exact) mass is 460 g/mol. The Kier molecular flexibility index (Phi) is 6.13. The average Bonchev–Trinajstić information content (AvgIpc) is 3.36. The van der Waals surface area contributed by atoms with Crippen LogP contribution in [-0.2, 0) is 0 Å². The Bertz CT molecular complexity index is 1330. The molecule has 0 fully saturated rings. The molecular formula is C28H20N4O3. The number of carbonyl (C=O) groups excluding carboxylic acids is 2. The van der Waals surface area contributed by atoms with Gasteiger partial charge in [-0.25, -0.2) is 4.63 Å². The van der Waals surface area contributed by atoms with E-state index in [-0.39, 0.29) is 11.6 Å². The first-order valence-corrected chi connectivity index (χ1v) is 10.9. The minimum Gasteiger partial charge on any atom is -0.300 e. The molecule has 0 aliphatic rings. The van der Waals surface area contributed by atoms with Crippen LogP contribution in [0.5, 0.6) is 0 Å². The third-order valence-corrected chi connectivity index (χ3v) is 5.46. The molecule has 0 saturated carbocycles. The van der Waals surface area contributed by atoms with Crippen molar-refractivity contribution in [1.29, 1.82) is 0 Å². The second-order valence-corrected chi connectivity index (χ2v) is 7.76. The number of carbonyl (C=O) groups is 2. The number of hydrogen-bond donors (Lipinski definition) is 2. The fourth-order valence-corrected chi connectivity index (χ4v) is 3.60. The van der Waals surface area contributed by atoms with Gasteiger partial charge in [-0.1, -0.05) is 84.9 Å². The quantitative estimate of drug-likeness (QED) is 0.328. The van der Waals surface area contributed by atoms with Gasteiger partial charge in [-0.15, -0.1) is 0 Å². The van der Waals surface area contributed by atoms with E-state index in [0.717, 1.165) is 22.3 Å². The predicted molar refractivity (Wildman–Crippen MR) is 134 cm³/mol. The van der Waals surface area contributed by atoms with Gasteiger partial charge in [0.1, 0.15) is 0 Å². The Labute approximate surface area is 201 Å². The lowest BCUT2D eigenvalue weighted by Crippen LogP contribution is -2.16. The lowest BCUT2D eigenvalue weighted by molar-refractivity contribution is 0.101. The first kappa shape index (κ1) is 21.8. The highest BCUT2D eigenvalue weighted by Gasteiger charge is 2.18. The topological polar surface area (TPSA) is 97.1 Å². The molecule has 0 atom stereocenters. The van der Waals surface area contributed by atoms with E-state index >= 15 is 0 Å². The van der Waals surface area contributed by atoms with Crippen LogP contribution in [-0.4, -0.2) is 22.1 Å². The van der Waals surface area contributed by atoms with E-state index < -0.39 is 11.8 Å². The van der Waals surface area contributed by atoms with Crippen LogP contribution in [0, 0.1) is 0 Å². The summed E-state index contributed by atoms with van der Waals surface area (Å²) < 4.78 is 4.74. The molecule has 1 heterocycles. The second kappa shape index (κ2) is 9.84. The third-order valence-electron chi connectivity index (χ3n) is 5.46. The van der Waals surface area contributed by atoms with Gasteiger partial charge in [0, 0.05) is 11.1 Å². The molecular weight excluding hydrogens is 440 g/mol. The summed E-state index contributed by atoms with van der Waals surface area (Å²) in [5.74, 6) is -0.751. The highest BCUT2D eigenvalue weighted by molar-refractivity contribution is 6.08. The predicted octanol–water partition coefficient (Wildman–Crippen LogP) is 5.91.